The molecule has 5 atom stereocenters. The Labute approximate surface area is 232 Å². The first-order valence-electron chi connectivity index (χ1n) is 14.0. The van der Waals surface area contributed by atoms with Crippen molar-refractivity contribution in [3.63, 3.8) is 0 Å². The van der Waals surface area contributed by atoms with Crippen LogP contribution in [0.3, 0.4) is 0 Å². The van der Waals surface area contributed by atoms with E-state index in [1.54, 1.807) is 19.1 Å². The third kappa shape index (κ3) is 12.1. The van der Waals surface area contributed by atoms with Crippen LogP contribution in [0.2, 0.25) is 0 Å². The predicted molar refractivity (Wildman–Crippen MR) is 151 cm³/mol. The molecular formula is C28H48N6O5. The smallest absolute Gasteiger partial charge is 0.252 e. The molecule has 0 spiro atoms. The molecule has 0 saturated heterocycles. The Hall–Kier alpha value is -3.05. The van der Waals surface area contributed by atoms with Crippen LogP contribution in [-0.2, 0) is 14.4 Å². The first-order valence-corrected chi connectivity index (χ1v) is 14.0. The van der Waals surface area contributed by atoms with Crippen LogP contribution in [-0.4, -0.2) is 77.6 Å². The highest BCUT2D eigenvalue weighted by molar-refractivity contribution is 5.98. The fraction of sp³-hybridized carbons (Fsp3) is 0.679. The van der Waals surface area contributed by atoms with Crippen LogP contribution in [0.5, 0.6) is 0 Å². The third-order valence-electron chi connectivity index (χ3n) is 6.50. The standard InChI is InChI=1S/C28H48N6O5/c1-7-10-22(27(38)32-21(15-18(4)5)16-31-23(17-35)26(37)30-9-3)33-28(39)24(19(6)8-2)34-25(36)20-11-13-29-14-12-20/h11-14,18-19,21-24,31,35H,7-10,15-17H2,1-6H3,(H,30,37)(H,32,38)(H,33,39)(H,34,36)/t19-,21-,22-,23-,24-/m0/s1. The van der Waals surface area contributed by atoms with E-state index in [-0.39, 0.29) is 48.8 Å². The fourth-order valence-corrected chi connectivity index (χ4v) is 4.13. The molecule has 0 radical (unpaired) electrons. The van der Waals surface area contributed by atoms with Crippen molar-refractivity contribution in [2.45, 2.75) is 91.4 Å². The van der Waals surface area contributed by atoms with Gasteiger partial charge >= 0.3 is 0 Å². The van der Waals surface area contributed by atoms with Gasteiger partial charge in [0.25, 0.3) is 5.91 Å². The van der Waals surface area contributed by atoms with Gasteiger partial charge in [0.1, 0.15) is 18.1 Å². The summed E-state index contributed by atoms with van der Waals surface area (Å²) in [5, 5.41) is 24.0. The molecule has 11 heteroatoms. The number of aliphatic hydroxyl groups is 1. The molecule has 0 aliphatic carbocycles. The topological polar surface area (TPSA) is 162 Å². The Kier molecular flexibility index (Phi) is 15.9. The maximum absolute atomic E-state index is 13.4. The summed E-state index contributed by atoms with van der Waals surface area (Å²) in [6, 6.07) is 0.420. The number of rotatable bonds is 18. The zero-order valence-electron chi connectivity index (χ0n) is 24.3. The van der Waals surface area contributed by atoms with Crippen LogP contribution in [0, 0.1) is 11.8 Å². The number of carbonyl (C=O) groups is 4. The molecule has 1 rings (SSSR count). The van der Waals surface area contributed by atoms with Gasteiger partial charge in [0, 0.05) is 37.1 Å². The van der Waals surface area contributed by atoms with Gasteiger partial charge < -0.3 is 31.7 Å². The quantitative estimate of drug-likeness (QED) is 0.160. The number of likely N-dealkylation sites (N-methyl/N-ethyl adjacent to an activating group) is 1. The summed E-state index contributed by atoms with van der Waals surface area (Å²) >= 11 is 0. The number of carbonyl (C=O) groups excluding carboxylic acids is 4. The Morgan fingerprint density at radius 1 is 0.897 bits per heavy atom. The normalized spacial score (nSPS) is 15.0. The second-order valence-electron chi connectivity index (χ2n) is 10.3. The molecule has 4 amide bonds. The van der Waals surface area contributed by atoms with Crippen molar-refractivity contribution in [1.29, 1.82) is 0 Å². The summed E-state index contributed by atoms with van der Waals surface area (Å²) in [5.41, 5.74) is 0.395. The minimum atomic E-state index is -0.821. The van der Waals surface area contributed by atoms with Crippen molar-refractivity contribution in [2.75, 3.05) is 19.7 Å². The Morgan fingerprint density at radius 3 is 2.10 bits per heavy atom. The van der Waals surface area contributed by atoms with E-state index >= 15 is 0 Å². The molecule has 0 saturated carbocycles. The largest absolute Gasteiger partial charge is 0.394 e. The first kappa shape index (κ1) is 34.0. The lowest BCUT2D eigenvalue weighted by atomic mass is 9.97. The van der Waals surface area contributed by atoms with Gasteiger partial charge in [0.2, 0.25) is 17.7 Å². The van der Waals surface area contributed by atoms with Gasteiger partial charge in [-0.1, -0.05) is 47.5 Å². The zero-order valence-corrected chi connectivity index (χ0v) is 24.3. The average molecular weight is 549 g/mol. The first-order chi connectivity index (χ1) is 18.6. The number of nitrogens with zero attached hydrogens (tertiary/aromatic N) is 1. The lowest BCUT2D eigenvalue weighted by Crippen LogP contribution is -2.58. The summed E-state index contributed by atoms with van der Waals surface area (Å²) in [6.07, 6.45) is 5.39. The summed E-state index contributed by atoms with van der Waals surface area (Å²) < 4.78 is 0. The van der Waals surface area contributed by atoms with Crippen LogP contribution in [0.15, 0.2) is 24.5 Å². The van der Waals surface area contributed by atoms with Crippen LogP contribution >= 0.6 is 0 Å². The maximum Gasteiger partial charge on any atom is 0.252 e. The average Bonchev–Trinajstić information content (AvgIpc) is 2.91. The summed E-state index contributed by atoms with van der Waals surface area (Å²) in [5.74, 6) is -1.36. The molecule has 0 unspecified atom stereocenters. The van der Waals surface area contributed by atoms with Gasteiger partial charge in [-0.05, 0) is 43.7 Å². The third-order valence-corrected chi connectivity index (χ3v) is 6.50. The highest BCUT2D eigenvalue weighted by Crippen LogP contribution is 2.11. The summed E-state index contributed by atoms with van der Waals surface area (Å²) in [6.45, 7) is 11.9. The molecule has 0 fully saturated rings. The number of nitrogens with one attached hydrogen (secondary N) is 5. The second-order valence-corrected chi connectivity index (χ2v) is 10.3. The molecule has 1 heterocycles. The second kappa shape index (κ2) is 18.3. The Bertz CT molecular complexity index is 898. The number of hydrogen-bond donors (Lipinski definition) is 6. The maximum atomic E-state index is 13.4. The van der Waals surface area contributed by atoms with Gasteiger partial charge in [-0.15, -0.1) is 0 Å². The molecule has 1 aromatic heterocycles. The minimum absolute atomic E-state index is 0.163. The number of hydrogen-bond acceptors (Lipinski definition) is 7. The van der Waals surface area contributed by atoms with Crippen molar-refractivity contribution in [1.82, 2.24) is 31.6 Å². The molecule has 220 valence electrons. The van der Waals surface area contributed by atoms with Crippen LogP contribution < -0.4 is 26.6 Å². The molecule has 39 heavy (non-hydrogen) atoms. The lowest BCUT2D eigenvalue weighted by Gasteiger charge is -2.28. The molecule has 0 bridgehead atoms. The molecular weight excluding hydrogens is 500 g/mol. The number of amides is 4. The number of aromatic nitrogens is 1. The van der Waals surface area contributed by atoms with E-state index in [0.717, 1.165) is 0 Å². The van der Waals surface area contributed by atoms with E-state index in [0.29, 0.717) is 37.8 Å². The van der Waals surface area contributed by atoms with Crippen LogP contribution in [0.25, 0.3) is 0 Å². The molecule has 6 N–H and O–H groups in total. The van der Waals surface area contributed by atoms with E-state index in [1.807, 2.05) is 34.6 Å². The molecule has 0 aromatic carbocycles. The van der Waals surface area contributed by atoms with Crippen molar-refractivity contribution in [3.05, 3.63) is 30.1 Å². The van der Waals surface area contributed by atoms with Crippen LogP contribution in [0.1, 0.15) is 77.6 Å². The van der Waals surface area contributed by atoms with E-state index in [2.05, 4.69) is 31.6 Å². The fourth-order valence-electron chi connectivity index (χ4n) is 4.13. The van der Waals surface area contributed by atoms with E-state index in [9.17, 15) is 24.3 Å². The van der Waals surface area contributed by atoms with E-state index in [1.165, 1.54) is 12.4 Å². The lowest BCUT2D eigenvalue weighted by molar-refractivity contribution is -0.131. The predicted octanol–water partition coefficient (Wildman–Crippen LogP) is 1.13. The molecule has 0 aliphatic heterocycles. The SMILES string of the molecule is CCC[C@H](NC(=O)[C@@H](NC(=O)c1ccncc1)[C@@H](C)CC)C(=O)N[C@H](CN[C@@H](CO)C(=O)NCC)CC(C)C. The van der Waals surface area contributed by atoms with Gasteiger partial charge in [0.05, 0.1) is 6.61 Å². The van der Waals surface area contributed by atoms with Gasteiger partial charge in [-0.25, -0.2) is 0 Å². The van der Waals surface area contributed by atoms with E-state index < -0.39 is 24.0 Å². The number of aliphatic hydroxyl groups excluding tert-OH is 1. The van der Waals surface area contributed by atoms with Crippen LogP contribution in [0.4, 0.5) is 0 Å². The van der Waals surface area contributed by atoms with Crippen molar-refractivity contribution in [3.8, 4) is 0 Å². The Balaban J connectivity index is 2.97. The van der Waals surface area contributed by atoms with Crippen molar-refractivity contribution < 1.29 is 24.3 Å². The van der Waals surface area contributed by atoms with Gasteiger partial charge in [0.15, 0.2) is 0 Å². The van der Waals surface area contributed by atoms with E-state index in [4.69, 9.17) is 0 Å². The Morgan fingerprint density at radius 2 is 1.56 bits per heavy atom. The minimum Gasteiger partial charge on any atom is -0.394 e. The molecule has 11 nitrogen and oxygen atoms in total. The molecule has 1 aromatic rings. The highest BCUT2D eigenvalue weighted by Gasteiger charge is 2.31. The monoisotopic (exact) mass is 548 g/mol. The number of pyridine rings is 1. The van der Waals surface area contributed by atoms with Gasteiger partial charge in [-0.2, -0.15) is 0 Å². The summed E-state index contributed by atoms with van der Waals surface area (Å²) in [4.78, 5) is 55.5. The highest BCUT2D eigenvalue weighted by atomic mass is 16.3. The van der Waals surface area contributed by atoms with Crippen molar-refractivity contribution >= 4 is 23.6 Å². The zero-order chi connectivity index (χ0) is 29.4. The summed E-state index contributed by atoms with van der Waals surface area (Å²) in [7, 11) is 0. The molecule has 0 aliphatic rings. The van der Waals surface area contributed by atoms with Gasteiger partial charge in [-0.3, -0.25) is 24.2 Å². The van der Waals surface area contributed by atoms with Crippen molar-refractivity contribution in [2.24, 2.45) is 11.8 Å².